The van der Waals surface area contributed by atoms with E-state index in [1.165, 1.54) is 12.1 Å². The van der Waals surface area contributed by atoms with Crippen molar-refractivity contribution in [1.29, 1.82) is 0 Å². The van der Waals surface area contributed by atoms with Gasteiger partial charge in [-0.15, -0.1) is 0 Å². The second kappa shape index (κ2) is 9.67. The van der Waals surface area contributed by atoms with Gasteiger partial charge in [-0.3, -0.25) is 5.01 Å². The average molecular weight is 438 g/mol. The zero-order chi connectivity index (χ0) is 21.8. The van der Waals surface area contributed by atoms with E-state index in [9.17, 15) is 13.6 Å². The summed E-state index contributed by atoms with van der Waals surface area (Å²) >= 11 is 0. The molecule has 3 aliphatic rings. The van der Waals surface area contributed by atoms with E-state index in [2.05, 4.69) is 14.8 Å². The first-order valence-electron chi connectivity index (χ1n) is 10.4. The van der Waals surface area contributed by atoms with Crippen LogP contribution in [0.1, 0.15) is 0 Å². The van der Waals surface area contributed by atoms with Crippen LogP contribution in [0.25, 0.3) is 0 Å². The van der Waals surface area contributed by atoms with Crippen LogP contribution in [0.3, 0.4) is 0 Å². The van der Waals surface area contributed by atoms with Gasteiger partial charge >= 0.3 is 12.6 Å². The lowest BCUT2D eigenvalue weighted by atomic mass is 10.2. The Kier molecular flexibility index (Phi) is 6.73. The predicted molar refractivity (Wildman–Crippen MR) is 110 cm³/mol. The van der Waals surface area contributed by atoms with Gasteiger partial charge in [-0.05, 0) is 24.3 Å². The van der Waals surface area contributed by atoms with Gasteiger partial charge in [0.15, 0.2) is 0 Å². The standard InChI is InChI=1S/C20H28F2N6O3/c21-19(22)31-17-3-1-16(2-4-17)26-7-10-28(15-26)27-8-5-24(6-9-27)20(29)25-11-12-30-18(13-23)14-25/h1-4,7,10,18-19H,5-6,8-9,11-15,23H2. The Bertz CT molecular complexity index is 773. The van der Waals surface area contributed by atoms with Crippen molar-refractivity contribution in [3.05, 3.63) is 36.7 Å². The van der Waals surface area contributed by atoms with Gasteiger partial charge in [-0.25, -0.2) is 9.80 Å². The highest BCUT2D eigenvalue weighted by atomic mass is 19.3. The molecular weight excluding hydrogens is 410 g/mol. The lowest BCUT2D eigenvalue weighted by Crippen LogP contribution is -2.58. The number of halogens is 2. The van der Waals surface area contributed by atoms with E-state index in [-0.39, 0.29) is 17.9 Å². The third kappa shape index (κ3) is 5.17. The van der Waals surface area contributed by atoms with Crippen LogP contribution in [0.5, 0.6) is 5.75 Å². The fourth-order valence-corrected chi connectivity index (χ4v) is 3.96. The first kappa shape index (κ1) is 21.6. The number of morpholine rings is 1. The number of carbonyl (C=O) groups excluding carboxylic acids is 1. The molecule has 0 radical (unpaired) electrons. The third-order valence-corrected chi connectivity index (χ3v) is 5.67. The molecule has 1 aromatic rings. The van der Waals surface area contributed by atoms with Crippen LogP contribution in [-0.2, 0) is 4.74 Å². The fraction of sp³-hybridized carbons (Fsp3) is 0.550. The first-order chi connectivity index (χ1) is 15.0. The Morgan fingerprint density at radius 3 is 2.52 bits per heavy atom. The van der Waals surface area contributed by atoms with Crippen molar-refractivity contribution >= 4 is 11.7 Å². The Hall–Kier alpha value is -2.63. The number of hydrazine groups is 1. The molecule has 0 bridgehead atoms. The maximum atomic E-state index is 12.8. The smallest absolute Gasteiger partial charge is 0.387 e. The zero-order valence-electron chi connectivity index (χ0n) is 17.3. The highest BCUT2D eigenvalue weighted by Gasteiger charge is 2.31. The topological polar surface area (TPSA) is 77.8 Å². The molecule has 3 heterocycles. The number of hydrogen-bond donors (Lipinski definition) is 1. The fourth-order valence-electron chi connectivity index (χ4n) is 3.96. The summed E-state index contributed by atoms with van der Waals surface area (Å²) in [5.41, 5.74) is 6.56. The van der Waals surface area contributed by atoms with Crippen LogP contribution >= 0.6 is 0 Å². The summed E-state index contributed by atoms with van der Waals surface area (Å²) in [5.74, 6) is 0.137. The summed E-state index contributed by atoms with van der Waals surface area (Å²) in [7, 11) is 0. The van der Waals surface area contributed by atoms with Crippen LogP contribution in [-0.4, -0.2) is 97.7 Å². The summed E-state index contributed by atoms with van der Waals surface area (Å²) in [6, 6.07) is 6.61. The number of alkyl halides is 2. The van der Waals surface area contributed by atoms with E-state index in [0.717, 1.165) is 18.8 Å². The molecule has 0 aromatic heterocycles. The third-order valence-electron chi connectivity index (χ3n) is 5.67. The lowest BCUT2D eigenvalue weighted by molar-refractivity contribution is -0.0498. The first-order valence-corrected chi connectivity index (χ1v) is 10.4. The molecule has 1 unspecified atom stereocenters. The van der Waals surface area contributed by atoms with Crippen LogP contribution in [0.2, 0.25) is 0 Å². The molecule has 170 valence electrons. The second-order valence-electron chi connectivity index (χ2n) is 7.62. The summed E-state index contributed by atoms with van der Waals surface area (Å²) in [4.78, 5) is 18.5. The van der Waals surface area contributed by atoms with Crippen LogP contribution < -0.4 is 15.4 Å². The maximum Gasteiger partial charge on any atom is 0.387 e. The van der Waals surface area contributed by atoms with Gasteiger partial charge in [0.2, 0.25) is 0 Å². The highest BCUT2D eigenvalue weighted by molar-refractivity contribution is 5.74. The Morgan fingerprint density at radius 2 is 1.84 bits per heavy atom. The largest absolute Gasteiger partial charge is 0.435 e. The van der Waals surface area contributed by atoms with Crippen molar-refractivity contribution in [2.45, 2.75) is 12.7 Å². The molecule has 4 rings (SSSR count). The van der Waals surface area contributed by atoms with Gasteiger partial charge in [-0.2, -0.15) is 8.78 Å². The minimum atomic E-state index is -2.83. The summed E-state index contributed by atoms with van der Waals surface area (Å²) < 4.78 is 34.5. The predicted octanol–water partition coefficient (Wildman–Crippen LogP) is 1.15. The van der Waals surface area contributed by atoms with Crippen molar-refractivity contribution in [1.82, 2.24) is 19.8 Å². The van der Waals surface area contributed by atoms with E-state index in [4.69, 9.17) is 10.5 Å². The van der Waals surface area contributed by atoms with Gasteiger partial charge in [0.1, 0.15) is 12.4 Å². The number of amides is 2. The number of nitrogens with zero attached hydrogens (tertiary/aromatic N) is 5. The van der Waals surface area contributed by atoms with Crippen LogP contribution in [0.15, 0.2) is 36.7 Å². The van der Waals surface area contributed by atoms with Gasteiger partial charge in [0, 0.05) is 63.9 Å². The summed E-state index contributed by atoms with van der Waals surface area (Å²) in [6.07, 6.45) is 3.84. The number of piperazine rings is 1. The van der Waals surface area contributed by atoms with Crippen molar-refractivity contribution in [2.24, 2.45) is 5.73 Å². The summed E-state index contributed by atoms with van der Waals surface area (Å²) in [6.45, 7) is 2.62. The van der Waals surface area contributed by atoms with Gasteiger partial charge in [0.05, 0.1) is 12.7 Å². The van der Waals surface area contributed by atoms with Gasteiger partial charge in [-0.1, -0.05) is 0 Å². The zero-order valence-corrected chi connectivity index (χ0v) is 17.3. The Labute approximate surface area is 180 Å². The number of anilines is 1. The highest BCUT2D eigenvalue weighted by Crippen LogP contribution is 2.24. The molecule has 3 aliphatic heterocycles. The summed E-state index contributed by atoms with van der Waals surface area (Å²) in [5, 5.41) is 4.31. The average Bonchev–Trinajstić information content (AvgIpc) is 3.29. The number of nitrogens with two attached hydrogens (primary N) is 1. The SMILES string of the molecule is NCC1CN(C(=O)N2CCN(N3C=CN(c4ccc(OC(F)F)cc4)C3)CC2)CCO1. The molecule has 2 fully saturated rings. The molecule has 2 N–H and O–H groups in total. The molecule has 1 aromatic carbocycles. The molecular formula is C20H28F2N6O3. The monoisotopic (exact) mass is 438 g/mol. The van der Waals surface area contributed by atoms with E-state index < -0.39 is 6.61 Å². The Balaban J connectivity index is 1.25. The number of ether oxygens (including phenoxy) is 2. The molecule has 2 amide bonds. The van der Waals surface area contributed by atoms with Crippen LogP contribution in [0, 0.1) is 0 Å². The van der Waals surface area contributed by atoms with Crippen LogP contribution in [0.4, 0.5) is 19.3 Å². The second-order valence-corrected chi connectivity index (χ2v) is 7.62. The minimum absolute atomic E-state index is 0.0473. The lowest BCUT2D eigenvalue weighted by Gasteiger charge is -2.42. The molecule has 0 saturated carbocycles. The van der Waals surface area contributed by atoms with Gasteiger partial charge in [0.25, 0.3) is 0 Å². The molecule has 9 nitrogen and oxygen atoms in total. The van der Waals surface area contributed by atoms with Gasteiger partial charge < -0.3 is 29.9 Å². The van der Waals surface area contributed by atoms with E-state index >= 15 is 0 Å². The number of rotatable bonds is 5. The normalized spacial score (nSPS) is 22.5. The van der Waals surface area contributed by atoms with E-state index in [1.807, 2.05) is 27.1 Å². The number of hydrogen-bond acceptors (Lipinski definition) is 7. The van der Waals surface area contributed by atoms with Crippen molar-refractivity contribution in [3.63, 3.8) is 0 Å². The van der Waals surface area contributed by atoms with E-state index in [1.54, 1.807) is 12.1 Å². The quantitative estimate of drug-likeness (QED) is 0.739. The molecule has 1 atom stereocenters. The maximum absolute atomic E-state index is 12.8. The number of urea groups is 1. The number of benzene rings is 1. The van der Waals surface area contributed by atoms with Crippen molar-refractivity contribution in [3.8, 4) is 5.75 Å². The molecule has 0 spiro atoms. The van der Waals surface area contributed by atoms with Crippen molar-refractivity contribution < 1.29 is 23.0 Å². The molecule has 2 saturated heterocycles. The molecule has 11 heteroatoms. The minimum Gasteiger partial charge on any atom is -0.435 e. The molecule has 31 heavy (non-hydrogen) atoms. The number of carbonyl (C=O) groups is 1. The van der Waals surface area contributed by atoms with Crippen molar-refractivity contribution in [2.75, 3.05) is 64.0 Å². The van der Waals surface area contributed by atoms with E-state index in [0.29, 0.717) is 46.0 Å². The molecule has 0 aliphatic carbocycles. The Morgan fingerprint density at radius 1 is 1.10 bits per heavy atom.